The van der Waals surface area contributed by atoms with E-state index in [1.807, 2.05) is 24.4 Å². The van der Waals surface area contributed by atoms with Crippen molar-refractivity contribution in [2.75, 3.05) is 10.6 Å². The first-order valence-corrected chi connectivity index (χ1v) is 8.24. The molecule has 0 radical (unpaired) electrons. The summed E-state index contributed by atoms with van der Waals surface area (Å²) < 4.78 is 1.73. The smallest absolute Gasteiger partial charge is 0.255 e. The Balaban J connectivity index is 1.75. The Morgan fingerprint density at radius 3 is 3.04 bits per heavy atom. The Morgan fingerprint density at radius 2 is 2.29 bits per heavy atom. The Bertz CT molecular complexity index is 900. The van der Waals surface area contributed by atoms with Crippen LogP contribution in [0.4, 0.5) is 11.6 Å². The van der Waals surface area contributed by atoms with Crippen molar-refractivity contribution < 1.29 is 4.79 Å². The van der Waals surface area contributed by atoms with E-state index in [1.165, 1.54) is 6.33 Å². The number of aromatic nitrogens is 4. The van der Waals surface area contributed by atoms with Gasteiger partial charge >= 0.3 is 0 Å². The van der Waals surface area contributed by atoms with Crippen LogP contribution in [-0.4, -0.2) is 25.7 Å². The van der Waals surface area contributed by atoms with Crippen LogP contribution >= 0.6 is 11.3 Å². The summed E-state index contributed by atoms with van der Waals surface area (Å²) in [6, 6.07) is 7.24. The molecule has 1 atom stereocenters. The van der Waals surface area contributed by atoms with Crippen LogP contribution in [0.2, 0.25) is 0 Å². The second-order valence-corrected chi connectivity index (χ2v) is 6.28. The molecule has 0 bridgehead atoms. The number of hydrogen-bond donors (Lipinski definition) is 2. The number of nitrogens with one attached hydrogen (secondary N) is 2. The van der Waals surface area contributed by atoms with Crippen molar-refractivity contribution in [3.8, 4) is 0 Å². The minimum Gasteiger partial charge on any atom is -0.328 e. The maximum atomic E-state index is 12.9. The van der Waals surface area contributed by atoms with Crippen molar-refractivity contribution in [3.05, 3.63) is 64.5 Å². The second kappa shape index (κ2) is 5.89. The number of anilines is 2. The first-order chi connectivity index (χ1) is 11.7. The van der Waals surface area contributed by atoms with Crippen LogP contribution in [0, 0.1) is 0 Å². The summed E-state index contributed by atoms with van der Waals surface area (Å²) in [5.74, 6) is 0.441. The SMILES string of the molecule is CC1=C(C(=O)Nc2cccnc2)C(c2cccs2)n2ncnc2N1. The molecule has 4 heterocycles. The van der Waals surface area contributed by atoms with Crippen LogP contribution in [0.15, 0.2) is 59.6 Å². The maximum Gasteiger partial charge on any atom is 0.255 e. The van der Waals surface area contributed by atoms with E-state index in [0.717, 1.165) is 10.6 Å². The summed E-state index contributed by atoms with van der Waals surface area (Å²) in [5, 5.41) is 12.3. The number of carbonyl (C=O) groups is 1. The van der Waals surface area contributed by atoms with Crippen molar-refractivity contribution in [1.29, 1.82) is 0 Å². The lowest BCUT2D eigenvalue weighted by atomic mass is 10.0. The number of fused-ring (bicyclic) bond motifs is 1. The highest BCUT2D eigenvalue weighted by atomic mass is 32.1. The van der Waals surface area contributed by atoms with Crippen molar-refractivity contribution in [2.24, 2.45) is 0 Å². The second-order valence-electron chi connectivity index (χ2n) is 5.31. The number of thiophene rings is 1. The molecule has 24 heavy (non-hydrogen) atoms. The Labute approximate surface area is 142 Å². The molecule has 1 aliphatic rings. The van der Waals surface area contributed by atoms with Crippen LogP contribution in [-0.2, 0) is 4.79 Å². The average Bonchev–Trinajstić information content (AvgIpc) is 3.25. The Kier molecular flexibility index (Phi) is 3.58. The minimum atomic E-state index is -0.305. The van der Waals surface area contributed by atoms with Gasteiger partial charge in [0.25, 0.3) is 5.91 Å². The van der Waals surface area contributed by atoms with Crippen LogP contribution in [0.25, 0.3) is 0 Å². The Hall–Kier alpha value is -3.00. The normalized spacial score (nSPS) is 16.5. The molecule has 2 N–H and O–H groups in total. The van der Waals surface area contributed by atoms with Gasteiger partial charge in [-0.05, 0) is 30.5 Å². The third-order valence-corrected chi connectivity index (χ3v) is 4.70. The number of rotatable bonds is 3. The molecule has 1 aliphatic heterocycles. The summed E-state index contributed by atoms with van der Waals surface area (Å²) in [6.07, 6.45) is 4.77. The summed E-state index contributed by atoms with van der Waals surface area (Å²) in [6.45, 7) is 1.87. The predicted octanol–water partition coefficient (Wildman–Crippen LogP) is 2.66. The van der Waals surface area contributed by atoms with Crippen molar-refractivity contribution in [3.63, 3.8) is 0 Å². The van der Waals surface area contributed by atoms with E-state index >= 15 is 0 Å². The molecule has 0 fully saturated rings. The van der Waals surface area contributed by atoms with Crippen LogP contribution in [0.5, 0.6) is 0 Å². The van der Waals surface area contributed by atoms with Crippen LogP contribution < -0.4 is 10.6 Å². The zero-order valence-corrected chi connectivity index (χ0v) is 13.6. The fourth-order valence-electron chi connectivity index (χ4n) is 2.73. The highest BCUT2D eigenvalue weighted by Gasteiger charge is 2.33. The fraction of sp³-hybridized carbons (Fsp3) is 0.125. The van der Waals surface area contributed by atoms with Crippen molar-refractivity contribution >= 4 is 28.9 Å². The zero-order chi connectivity index (χ0) is 16.5. The lowest BCUT2D eigenvalue weighted by Gasteiger charge is -2.27. The van der Waals surface area contributed by atoms with Gasteiger partial charge in [-0.15, -0.1) is 11.3 Å². The zero-order valence-electron chi connectivity index (χ0n) is 12.8. The standard InChI is InChI=1S/C16H14N6OS/c1-10-13(15(23)21-11-4-2-6-17-8-11)14(12-5-3-7-24-12)22-16(20-10)18-9-19-22/h2-9,14H,1H3,(H,21,23)(H,18,19,20). The summed E-state index contributed by atoms with van der Waals surface area (Å²) in [5.41, 5.74) is 2.02. The van der Waals surface area contributed by atoms with Gasteiger partial charge in [0.15, 0.2) is 0 Å². The molecule has 3 aromatic heterocycles. The highest BCUT2D eigenvalue weighted by Crippen LogP contribution is 2.36. The highest BCUT2D eigenvalue weighted by molar-refractivity contribution is 7.10. The molecule has 0 spiro atoms. The monoisotopic (exact) mass is 338 g/mol. The molecule has 7 nitrogen and oxygen atoms in total. The number of pyridine rings is 1. The number of carbonyl (C=O) groups excluding carboxylic acids is 1. The lowest BCUT2D eigenvalue weighted by molar-refractivity contribution is -0.113. The quantitative estimate of drug-likeness (QED) is 0.767. The topological polar surface area (TPSA) is 84.7 Å². The molecular weight excluding hydrogens is 324 g/mol. The van der Waals surface area contributed by atoms with E-state index in [9.17, 15) is 4.79 Å². The van der Waals surface area contributed by atoms with Gasteiger partial charge in [0.2, 0.25) is 5.95 Å². The first-order valence-electron chi connectivity index (χ1n) is 7.36. The molecule has 120 valence electrons. The van der Waals surface area contributed by atoms with Crippen molar-refractivity contribution in [1.82, 2.24) is 19.7 Å². The first kappa shape index (κ1) is 14.6. The van der Waals surface area contributed by atoms with Crippen LogP contribution in [0.3, 0.4) is 0 Å². The van der Waals surface area contributed by atoms with E-state index in [4.69, 9.17) is 0 Å². The molecule has 1 amide bonds. The Morgan fingerprint density at radius 1 is 1.38 bits per heavy atom. The molecule has 0 saturated heterocycles. The van der Waals surface area contributed by atoms with E-state index in [-0.39, 0.29) is 11.9 Å². The molecular formula is C16H14N6OS. The van der Waals surface area contributed by atoms with Crippen molar-refractivity contribution in [2.45, 2.75) is 13.0 Å². The molecule has 0 aromatic carbocycles. The minimum absolute atomic E-state index is 0.187. The number of nitrogens with zero attached hydrogens (tertiary/aromatic N) is 4. The molecule has 0 aliphatic carbocycles. The molecule has 1 unspecified atom stereocenters. The summed E-state index contributed by atoms with van der Waals surface area (Å²) >= 11 is 1.58. The van der Waals surface area contributed by atoms with Gasteiger partial charge in [-0.2, -0.15) is 10.1 Å². The maximum absolute atomic E-state index is 12.9. The van der Waals surface area contributed by atoms with Gasteiger partial charge in [0, 0.05) is 16.8 Å². The predicted molar refractivity (Wildman–Crippen MR) is 91.7 cm³/mol. The van der Waals surface area contributed by atoms with E-state index in [1.54, 1.807) is 40.5 Å². The van der Waals surface area contributed by atoms with E-state index in [2.05, 4.69) is 25.7 Å². The number of allylic oxidation sites excluding steroid dienone is 1. The third kappa shape index (κ3) is 2.46. The van der Waals surface area contributed by atoms with Gasteiger partial charge in [-0.1, -0.05) is 6.07 Å². The number of amides is 1. The van der Waals surface area contributed by atoms with E-state index in [0.29, 0.717) is 17.2 Å². The van der Waals surface area contributed by atoms with Gasteiger partial charge in [-0.25, -0.2) is 4.68 Å². The molecule has 3 aromatic rings. The van der Waals surface area contributed by atoms with Gasteiger partial charge < -0.3 is 10.6 Å². The molecule has 0 saturated carbocycles. The number of hydrogen-bond acceptors (Lipinski definition) is 6. The fourth-order valence-corrected chi connectivity index (χ4v) is 3.55. The largest absolute Gasteiger partial charge is 0.328 e. The third-order valence-electron chi connectivity index (χ3n) is 3.77. The van der Waals surface area contributed by atoms with Gasteiger partial charge in [0.05, 0.1) is 17.5 Å². The van der Waals surface area contributed by atoms with Gasteiger partial charge in [-0.3, -0.25) is 9.78 Å². The summed E-state index contributed by atoms with van der Waals surface area (Å²) in [4.78, 5) is 22.2. The molecule has 4 rings (SSSR count). The van der Waals surface area contributed by atoms with Crippen LogP contribution in [0.1, 0.15) is 17.8 Å². The summed E-state index contributed by atoms with van der Waals surface area (Å²) in [7, 11) is 0. The van der Waals surface area contributed by atoms with Gasteiger partial charge in [0.1, 0.15) is 12.4 Å². The van der Waals surface area contributed by atoms with E-state index < -0.39 is 0 Å². The molecule has 8 heteroatoms. The lowest BCUT2D eigenvalue weighted by Crippen LogP contribution is -2.31. The average molecular weight is 338 g/mol.